The second kappa shape index (κ2) is 6.47. The lowest BCUT2D eigenvalue weighted by Crippen LogP contribution is -2.25. The Bertz CT molecular complexity index is 971. The number of nitrogens with one attached hydrogen (secondary N) is 2. The predicted octanol–water partition coefficient (Wildman–Crippen LogP) is 2.90. The predicted molar refractivity (Wildman–Crippen MR) is 89.8 cm³/mol. The normalized spacial score (nSPS) is 11.9. The molecule has 6 nitrogen and oxygen atoms in total. The van der Waals surface area contributed by atoms with Crippen LogP contribution in [0.15, 0.2) is 18.2 Å². The Labute approximate surface area is 147 Å². The first-order valence-electron chi connectivity index (χ1n) is 8.01. The molecule has 0 bridgehead atoms. The number of hydrogen-bond donors (Lipinski definition) is 2. The third-order valence-electron chi connectivity index (χ3n) is 4.33. The first-order chi connectivity index (χ1) is 12.2. The van der Waals surface area contributed by atoms with E-state index in [0.717, 1.165) is 17.0 Å². The van der Waals surface area contributed by atoms with Crippen LogP contribution in [0.3, 0.4) is 0 Å². The molecular formula is C17H18F3N5O. The van der Waals surface area contributed by atoms with E-state index in [1.165, 1.54) is 18.2 Å². The molecule has 9 heteroatoms. The van der Waals surface area contributed by atoms with Gasteiger partial charge in [-0.05, 0) is 44.0 Å². The number of rotatable bonds is 4. The van der Waals surface area contributed by atoms with Crippen molar-refractivity contribution in [3.63, 3.8) is 0 Å². The summed E-state index contributed by atoms with van der Waals surface area (Å²) in [6.45, 7) is 4.27. The standard InChI is InChI=1S/C17H18F3N5O/c1-9-12(10(2)25(3)24-9)6-7-21-15(26)11-4-5-13-14(8-11)23-16(22-13)17(18,19)20/h4-5,8H,6-7H2,1-3H3,(H,21,26)(H,22,23). The number of benzene rings is 1. The van der Waals surface area contributed by atoms with Crippen LogP contribution < -0.4 is 5.32 Å². The van der Waals surface area contributed by atoms with Crippen LogP contribution in [0.2, 0.25) is 0 Å². The van der Waals surface area contributed by atoms with Gasteiger partial charge in [-0.1, -0.05) is 0 Å². The van der Waals surface area contributed by atoms with Crippen molar-refractivity contribution in [1.82, 2.24) is 25.1 Å². The Morgan fingerprint density at radius 1 is 1.31 bits per heavy atom. The molecule has 2 heterocycles. The van der Waals surface area contributed by atoms with Crippen molar-refractivity contribution < 1.29 is 18.0 Å². The van der Waals surface area contributed by atoms with Crippen molar-refractivity contribution in [2.24, 2.45) is 7.05 Å². The van der Waals surface area contributed by atoms with Gasteiger partial charge in [0.15, 0.2) is 0 Å². The molecule has 0 fully saturated rings. The molecular weight excluding hydrogens is 347 g/mol. The Balaban J connectivity index is 1.69. The topological polar surface area (TPSA) is 75.6 Å². The van der Waals surface area contributed by atoms with Crippen LogP contribution in [0.1, 0.15) is 33.1 Å². The van der Waals surface area contributed by atoms with Crippen LogP contribution in [0, 0.1) is 13.8 Å². The molecule has 0 spiro atoms. The molecule has 0 aliphatic rings. The van der Waals surface area contributed by atoms with Crippen molar-refractivity contribution >= 4 is 16.9 Å². The molecule has 3 aromatic rings. The van der Waals surface area contributed by atoms with E-state index in [-0.39, 0.29) is 22.5 Å². The summed E-state index contributed by atoms with van der Waals surface area (Å²) in [4.78, 5) is 18.0. The van der Waals surface area contributed by atoms with Gasteiger partial charge in [0.2, 0.25) is 5.82 Å². The molecule has 2 N–H and O–H groups in total. The van der Waals surface area contributed by atoms with Crippen molar-refractivity contribution in [3.8, 4) is 0 Å². The highest BCUT2D eigenvalue weighted by molar-refractivity contribution is 5.97. The summed E-state index contributed by atoms with van der Waals surface area (Å²) in [5.41, 5.74) is 3.63. The SMILES string of the molecule is Cc1nn(C)c(C)c1CCNC(=O)c1ccc2nc(C(F)(F)F)[nH]c2c1. The van der Waals surface area contributed by atoms with E-state index in [0.29, 0.717) is 13.0 Å². The lowest BCUT2D eigenvalue weighted by Gasteiger charge is -2.06. The van der Waals surface area contributed by atoms with Crippen LogP contribution in [0.25, 0.3) is 11.0 Å². The average Bonchev–Trinajstić information content (AvgIpc) is 3.10. The zero-order chi connectivity index (χ0) is 19.1. The summed E-state index contributed by atoms with van der Waals surface area (Å²) in [6, 6.07) is 4.22. The quantitative estimate of drug-likeness (QED) is 0.746. The molecule has 0 saturated heterocycles. The summed E-state index contributed by atoms with van der Waals surface area (Å²) >= 11 is 0. The smallest absolute Gasteiger partial charge is 0.352 e. The monoisotopic (exact) mass is 365 g/mol. The summed E-state index contributed by atoms with van der Waals surface area (Å²) in [5.74, 6) is -1.43. The number of imidazole rings is 1. The van der Waals surface area contributed by atoms with Crippen LogP contribution in [0.4, 0.5) is 13.2 Å². The number of aromatic amines is 1. The molecule has 0 radical (unpaired) electrons. The third-order valence-corrected chi connectivity index (χ3v) is 4.33. The van der Waals surface area contributed by atoms with E-state index in [4.69, 9.17) is 0 Å². The molecule has 26 heavy (non-hydrogen) atoms. The average molecular weight is 365 g/mol. The number of aromatic nitrogens is 4. The van der Waals surface area contributed by atoms with Gasteiger partial charge >= 0.3 is 6.18 Å². The first-order valence-corrected chi connectivity index (χ1v) is 8.01. The highest BCUT2D eigenvalue weighted by Gasteiger charge is 2.34. The largest absolute Gasteiger partial charge is 0.449 e. The second-order valence-corrected chi connectivity index (χ2v) is 6.09. The number of carbonyl (C=O) groups is 1. The van der Waals surface area contributed by atoms with Gasteiger partial charge in [0, 0.05) is 24.8 Å². The Morgan fingerprint density at radius 2 is 2.04 bits per heavy atom. The Kier molecular flexibility index (Phi) is 4.47. The first kappa shape index (κ1) is 18.0. The van der Waals surface area contributed by atoms with E-state index in [9.17, 15) is 18.0 Å². The third kappa shape index (κ3) is 3.42. The fourth-order valence-electron chi connectivity index (χ4n) is 2.87. The second-order valence-electron chi connectivity index (χ2n) is 6.09. The van der Waals surface area contributed by atoms with Gasteiger partial charge in [0.25, 0.3) is 5.91 Å². The number of fused-ring (bicyclic) bond motifs is 1. The van der Waals surface area contributed by atoms with Gasteiger partial charge < -0.3 is 10.3 Å². The molecule has 138 valence electrons. The van der Waals surface area contributed by atoms with E-state index in [1.54, 1.807) is 4.68 Å². The maximum atomic E-state index is 12.7. The fraction of sp³-hybridized carbons (Fsp3) is 0.353. The fourth-order valence-corrected chi connectivity index (χ4v) is 2.87. The summed E-state index contributed by atoms with van der Waals surface area (Å²) in [6.07, 6.45) is -3.93. The number of alkyl halides is 3. The van der Waals surface area contributed by atoms with Crippen molar-refractivity contribution in [3.05, 3.63) is 46.5 Å². The summed E-state index contributed by atoms with van der Waals surface area (Å²) in [5, 5.41) is 7.10. The zero-order valence-electron chi connectivity index (χ0n) is 14.5. The van der Waals surface area contributed by atoms with Crippen LogP contribution in [-0.4, -0.2) is 32.2 Å². The van der Waals surface area contributed by atoms with E-state index in [2.05, 4.69) is 20.4 Å². The van der Waals surface area contributed by atoms with E-state index >= 15 is 0 Å². The van der Waals surface area contributed by atoms with Gasteiger partial charge in [-0.2, -0.15) is 18.3 Å². The lowest BCUT2D eigenvalue weighted by atomic mass is 10.1. The van der Waals surface area contributed by atoms with E-state index in [1.807, 2.05) is 20.9 Å². The molecule has 0 aliphatic heterocycles. The Hall–Kier alpha value is -2.84. The molecule has 0 aliphatic carbocycles. The number of hydrogen-bond acceptors (Lipinski definition) is 3. The highest BCUT2D eigenvalue weighted by Crippen LogP contribution is 2.28. The molecule has 0 saturated carbocycles. The number of amides is 1. The van der Waals surface area contributed by atoms with Crippen molar-refractivity contribution in [2.75, 3.05) is 6.54 Å². The van der Waals surface area contributed by atoms with Crippen LogP contribution in [-0.2, 0) is 19.6 Å². The maximum absolute atomic E-state index is 12.7. The minimum atomic E-state index is -4.55. The van der Waals surface area contributed by atoms with Gasteiger partial charge in [-0.25, -0.2) is 4.98 Å². The molecule has 0 unspecified atom stereocenters. The number of halogens is 3. The minimum absolute atomic E-state index is 0.162. The van der Waals surface area contributed by atoms with Crippen molar-refractivity contribution in [2.45, 2.75) is 26.4 Å². The van der Waals surface area contributed by atoms with Gasteiger partial charge in [0.1, 0.15) is 0 Å². The summed E-state index contributed by atoms with van der Waals surface area (Å²) in [7, 11) is 1.86. The molecule has 0 atom stereocenters. The lowest BCUT2D eigenvalue weighted by molar-refractivity contribution is -0.144. The van der Waals surface area contributed by atoms with Gasteiger partial charge in [0.05, 0.1) is 16.7 Å². The Morgan fingerprint density at radius 3 is 2.65 bits per heavy atom. The minimum Gasteiger partial charge on any atom is -0.352 e. The number of H-pyrrole nitrogens is 1. The van der Waals surface area contributed by atoms with Gasteiger partial charge in [-0.15, -0.1) is 0 Å². The van der Waals surface area contributed by atoms with Crippen LogP contribution >= 0.6 is 0 Å². The van der Waals surface area contributed by atoms with E-state index < -0.39 is 12.0 Å². The molecule has 3 rings (SSSR count). The van der Waals surface area contributed by atoms with Gasteiger partial charge in [-0.3, -0.25) is 9.48 Å². The molecule has 2 aromatic heterocycles. The molecule has 1 amide bonds. The number of aryl methyl sites for hydroxylation is 2. The molecule has 1 aromatic carbocycles. The number of carbonyl (C=O) groups excluding carboxylic acids is 1. The van der Waals surface area contributed by atoms with Crippen LogP contribution in [0.5, 0.6) is 0 Å². The highest BCUT2D eigenvalue weighted by atomic mass is 19.4. The van der Waals surface area contributed by atoms with Crippen molar-refractivity contribution in [1.29, 1.82) is 0 Å². The summed E-state index contributed by atoms with van der Waals surface area (Å²) < 4.78 is 39.9. The zero-order valence-corrected chi connectivity index (χ0v) is 14.5. The number of nitrogens with zero attached hydrogens (tertiary/aromatic N) is 3. The maximum Gasteiger partial charge on any atom is 0.449 e.